The van der Waals surface area contributed by atoms with Crippen LogP contribution in [0.1, 0.15) is 37.3 Å². The molecule has 1 fully saturated rings. The van der Waals surface area contributed by atoms with Crippen LogP contribution < -0.4 is 0 Å². The van der Waals surface area contributed by atoms with E-state index in [9.17, 15) is 9.90 Å². The van der Waals surface area contributed by atoms with E-state index in [4.69, 9.17) is 4.74 Å². The summed E-state index contributed by atoms with van der Waals surface area (Å²) < 4.78 is 5.98. The fraction of sp³-hybridized carbons (Fsp3) is 0.615. The summed E-state index contributed by atoms with van der Waals surface area (Å²) in [5.74, 6) is -0.0742. The van der Waals surface area contributed by atoms with Crippen molar-refractivity contribution in [1.29, 1.82) is 0 Å². The molecule has 18 heavy (non-hydrogen) atoms. The normalized spacial score (nSPS) is 26.6. The molecule has 2 rings (SSSR count). The maximum Gasteiger partial charge on any atom is 0.222 e. The van der Waals surface area contributed by atoms with Gasteiger partial charge in [0.25, 0.3) is 0 Å². The lowest BCUT2D eigenvalue weighted by molar-refractivity contribution is -0.145. The molecule has 100 valence electrons. The number of nitrogens with zero attached hydrogens (tertiary/aromatic N) is 1. The number of aliphatic hydroxyl groups is 1. The molecule has 1 N–H and O–H groups in total. The van der Waals surface area contributed by atoms with Crippen LogP contribution in [0.5, 0.6) is 0 Å². The van der Waals surface area contributed by atoms with Crippen LogP contribution in [0, 0.1) is 6.92 Å². The molecule has 0 bridgehead atoms. The minimum atomic E-state index is -0.679. The molecule has 4 nitrogen and oxygen atoms in total. The first-order valence-electron chi connectivity index (χ1n) is 6.00. The van der Waals surface area contributed by atoms with Crippen LogP contribution in [-0.4, -0.2) is 34.3 Å². The van der Waals surface area contributed by atoms with E-state index in [0.29, 0.717) is 0 Å². The van der Waals surface area contributed by atoms with Gasteiger partial charge in [-0.15, -0.1) is 11.3 Å². The van der Waals surface area contributed by atoms with Gasteiger partial charge in [-0.25, -0.2) is 0 Å². The zero-order valence-corrected chi connectivity index (χ0v) is 12.0. The van der Waals surface area contributed by atoms with Gasteiger partial charge >= 0.3 is 0 Å². The number of hydrogen-bond donors (Lipinski definition) is 1. The third-order valence-corrected chi connectivity index (χ3v) is 4.35. The van der Waals surface area contributed by atoms with Crippen molar-refractivity contribution in [2.75, 3.05) is 6.61 Å². The molecule has 0 aromatic carbocycles. The zero-order chi connectivity index (χ0) is 13.5. The second-order valence-corrected chi connectivity index (χ2v) is 6.09. The van der Waals surface area contributed by atoms with E-state index >= 15 is 0 Å². The molecule has 0 spiro atoms. The van der Waals surface area contributed by atoms with Crippen LogP contribution in [0.25, 0.3) is 0 Å². The summed E-state index contributed by atoms with van der Waals surface area (Å²) in [5, 5.41) is 11.6. The Morgan fingerprint density at radius 2 is 2.28 bits per heavy atom. The van der Waals surface area contributed by atoms with Gasteiger partial charge in [0, 0.05) is 11.8 Å². The second kappa shape index (κ2) is 4.64. The summed E-state index contributed by atoms with van der Waals surface area (Å²) in [6, 6.07) is 1.74. The van der Waals surface area contributed by atoms with Crippen molar-refractivity contribution in [2.24, 2.45) is 0 Å². The van der Waals surface area contributed by atoms with Crippen molar-refractivity contribution in [3.05, 3.63) is 21.9 Å². The topological polar surface area (TPSA) is 49.8 Å². The molecule has 2 atom stereocenters. The predicted octanol–water partition coefficient (Wildman–Crippen LogP) is 2.07. The zero-order valence-electron chi connectivity index (χ0n) is 11.1. The van der Waals surface area contributed by atoms with Crippen molar-refractivity contribution >= 4 is 17.2 Å². The van der Waals surface area contributed by atoms with Crippen molar-refractivity contribution in [3.63, 3.8) is 0 Å². The van der Waals surface area contributed by atoms with Crippen LogP contribution >= 0.6 is 11.3 Å². The monoisotopic (exact) mass is 269 g/mol. The Morgan fingerprint density at radius 3 is 2.72 bits per heavy atom. The maximum atomic E-state index is 11.8. The Bertz CT molecular complexity index is 455. The van der Waals surface area contributed by atoms with Gasteiger partial charge in [-0.05, 0) is 37.8 Å². The summed E-state index contributed by atoms with van der Waals surface area (Å²) >= 11 is 1.61. The molecule has 5 heteroatoms. The van der Waals surface area contributed by atoms with Crippen molar-refractivity contribution < 1.29 is 14.6 Å². The van der Waals surface area contributed by atoms with Crippen molar-refractivity contribution in [2.45, 2.75) is 45.6 Å². The van der Waals surface area contributed by atoms with Gasteiger partial charge in [0.2, 0.25) is 5.91 Å². The lowest BCUT2D eigenvalue weighted by atomic mass is 10.1. The molecular formula is C13H19NO3S. The molecular weight excluding hydrogens is 250 g/mol. The van der Waals surface area contributed by atoms with Crippen molar-refractivity contribution in [1.82, 2.24) is 4.90 Å². The van der Waals surface area contributed by atoms with Crippen LogP contribution in [0.2, 0.25) is 0 Å². The van der Waals surface area contributed by atoms with E-state index in [1.165, 1.54) is 12.5 Å². The first-order valence-corrected chi connectivity index (χ1v) is 6.88. The summed E-state index contributed by atoms with van der Waals surface area (Å²) in [4.78, 5) is 14.4. The SMILES string of the molecule is CC(=O)N1[C@H](CO)[C@@H](c2cc(C)cs2)OC1(C)C. The van der Waals surface area contributed by atoms with Crippen LogP contribution in [-0.2, 0) is 9.53 Å². The highest BCUT2D eigenvalue weighted by atomic mass is 32.1. The Labute approximate surface area is 111 Å². The Balaban J connectivity index is 2.36. The summed E-state index contributed by atoms with van der Waals surface area (Å²) in [6.45, 7) is 7.16. The standard InChI is InChI=1S/C13H19NO3S/c1-8-5-11(18-7-8)12-10(6-15)14(9(2)16)13(3,4)17-12/h5,7,10,12,15H,6H2,1-4H3/t10-,12+/m1/s1. The van der Waals surface area contributed by atoms with Crippen LogP contribution in [0.3, 0.4) is 0 Å². The summed E-state index contributed by atoms with van der Waals surface area (Å²) in [5.41, 5.74) is 0.497. The third-order valence-electron chi connectivity index (χ3n) is 3.23. The highest BCUT2D eigenvalue weighted by Crippen LogP contribution is 2.42. The highest BCUT2D eigenvalue weighted by molar-refractivity contribution is 7.10. The molecule has 0 unspecified atom stereocenters. The maximum absolute atomic E-state index is 11.8. The molecule has 1 amide bonds. The van der Waals surface area contributed by atoms with E-state index in [-0.39, 0.29) is 24.7 Å². The number of ether oxygens (including phenoxy) is 1. The first-order chi connectivity index (χ1) is 8.36. The molecule has 1 saturated heterocycles. The van der Waals surface area contributed by atoms with E-state index in [0.717, 1.165) is 4.88 Å². The number of hydrogen-bond acceptors (Lipinski definition) is 4. The average molecular weight is 269 g/mol. The minimum absolute atomic E-state index is 0.0742. The van der Waals surface area contributed by atoms with E-state index in [2.05, 4.69) is 11.4 Å². The molecule has 1 aromatic rings. The quantitative estimate of drug-likeness (QED) is 0.894. The van der Waals surface area contributed by atoms with Gasteiger partial charge in [0.1, 0.15) is 11.8 Å². The molecule has 1 aliphatic heterocycles. The predicted molar refractivity (Wildman–Crippen MR) is 70.4 cm³/mol. The minimum Gasteiger partial charge on any atom is -0.394 e. The molecule has 2 heterocycles. The third kappa shape index (κ3) is 2.18. The highest BCUT2D eigenvalue weighted by Gasteiger charge is 2.49. The molecule has 1 aliphatic rings. The van der Waals surface area contributed by atoms with Gasteiger partial charge < -0.3 is 14.7 Å². The van der Waals surface area contributed by atoms with Gasteiger partial charge in [-0.1, -0.05) is 0 Å². The largest absolute Gasteiger partial charge is 0.394 e. The molecule has 0 radical (unpaired) electrons. The molecule has 1 aromatic heterocycles. The van der Waals surface area contributed by atoms with Gasteiger partial charge in [-0.3, -0.25) is 4.79 Å². The number of carbonyl (C=O) groups is 1. The lowest BCUT2D eigenvalue weighted by Gasteiger charge is -2.31. The number of amides is 1. The molecule has 0 aliphatic carbocycles. The average Bonchev–Trinajstić information content (AvgIpc) is 2.78. The van der Waals surface area contributed by atoms with E-state index in [1.54, 1.807) is 16.2 Å². The smallest absolute Gasteiger partial charge is 0.222 e. The van der Waals surface area contributed by atoms with Crippen LogP contribution in [0.4, 0.5) is 0 Å². The van der Waals surface area contributed by atoms with E-state index < -0.39 is 5.72 Å². The second-order valence-electron chi connectivity index (χ2n) is 5.15. The number of carbonyl (C=O) groups excluding carboxylic acids is 1. The Hall–Kier alpha value is -0.910. The number of thiophene rings is 1. The van der Waals surface area contributed by atoms with Gasteiger partial charge in [0.05, 0.1) is 12.6 Å². The summed E-state index contributed by atoms with van der Waals surface area (Å²) in [6.07, 6.45) is -0.243. The fourth-order valence-corrected chi connectivity index (χ4v) is 3.60. The first kappa shape index (κ1) is 13.5. The fourth-order valence-electron chi connectivity index (χ4n) is 2.62. The summed E-state index contributed by atoms with van der Waals surface area (Å²) in [7, 11) is 0. The van der Waals surface area contributed by atoms with Crippen molar-refractivity contribution in [3.8, 4) is 0 Å². The Kier molecular flexibility index (Phi) is 3.49. The van der Waals surface area contributed by atoms with Crippen LogP contribution in [0.15, 0.2) is 11.4 Å². The lowest BCUT2D eigenvalue weighted by Crippen LogP contribution is -2.48. The number of aliphatic hydroxyl groups excluding tert-OH is 1. The number of aryl methyl sites for hydroxylation is 1. The number of rotatable bonds is 2. The van der Waals surface area contributed by atoms with E-state index in [1.807, 2.05) is 20.8 Å². The Morgan fingerprint density at radius 1 is 1.61 bits per heavy atom. The molecule has 0 saturated carbocycles. The van der Waals surface area contributed by atoms with Gasteiger partial charge in [-0.2, -0.15) is 0 Å². The van der Waals surface area contributed by atoms with Gasteiger partial charge in [0.15, 0.2) is 0 Å².